The molecular formula is C12H11FN2O3S. The summed E-state index contributed by atoms with van der Waals surface area (Å²) < 4.78 is 12.8. The van der Waals surface area contributed by atoms with Crippen molar-refractivity contribution in [2.75, 3.05) is 0 Å². The van der Waals surface area contributed by atoms with Crippen molar-refractivity contribution in [3.05, 3.63) is 61.8 Å². The van der Waals surface area contributed by atoms with Gasteiger partial charge >= 0.3 is 0 Å². The number of halogens is 1. The van der Waals surface area contributed by atoms with Crippen molar-refractivity contribution in [2.45, 2.75) is 19.4 Å². The molecule has 1 heterocycles. The highest BCUT2D eigenvalue weighted by atomic mass is 32.1. The van der Waals surface area contributed by atoms with Crippen molar-refractivity contribution in [1.82, 2.24) is 4.98 Å². The SMILES string of the molecule is Cc1ncsc1C(Cc1ccc(F)cc1)O[N+](=O)[O-]. The van der Waals surface area contributed by atoms with Gasteiger partial charge in [0.1, 0.15) is 11.9 Å². The first kappa shape index (κ1) is 13.4. The molecule has 1 aromatic carbocycles. The van der Waals surface area contributed by atoms with Gasteiger partial charge in [0.2, 0.25) is 0 Å². The van der Waals surface area contributed by atoms with Crippen LogP contribution in [0.1, 0.15) is 22.2 Å². The van der Waals surface area contributed by atoms with E-state index in [0.29, 0.717) is 17.0 Å². The maximum absolute atomic E-state index is 12.8. The van der Waals surface area contributed by atoms with Crippen LogP contribution in [0.3, 0.4) is 0 Å². The van der Waals surface area contributed by atoms with Crippen LogP contribution >= 0.6 is 11.3 Å². The van der Waals surface area contributed by atoms with Crippen LogP contribution in [0.15, 0.2) is 29.8 Å². The minimum absolute atomic E-state index is 0.296. The zero-order chi connectivity index (χ0) is 13.8. The summed E-state index contributed by atoms with van der Waals surface area (Å²) in [5.74, 6) is -0.343. The minimum atomic E-state index is -0.812. The molecule has 7 heteroatoms. The van der Waals surface area contributed by atoms with Crippen LogP contribution < -0.4 is 0 Å². The molecule has 100 valence electrons. The van der Waals surface area contributed by atoms with Gasteiger partial charge in [0.25, 0.3) is 5.09 Å². The third kappa shape index (κ3) is 3.47. The van der Waals surface area contributed by atoms with Crippen molar-refractivity contribution in [1.29, 1.82) is 0 Å². The maximum atomic E-state index is 12.8. The number of nitrogens with zero attached hydrogens (tertiary/aromatic N) is 2. The number of rotatable bonds is 5. The molecule has 0 bridgehead atoms. The van der Waals surface area contributed by atoms with Crippen LogP contribution in [0.5, 0.6) is 0 Å². The summed E-state index contributed by atoms with van der Waals surface area (Å²) >= 11 is 1.31. The largest absolute Gasteiger partial charge is 0.305 e. The minimum Gasteiger partial charge on any atom is -0.305 e. The Hall–Kier alpha value is -2.02. The van der Waals surface area contributed by atoms with Gasteiger partial charge in [-0.2, -0.15) is 0 Å². The lowest BCUT2D eigenvalue weighted by atomic mass is 10.1. The molecule has 0 amide bonds. The molecule has 0 saturated carbocycles. The Morgan fingerprint density at radius 3 is 2.68 bits per heavy atom. The molecule has 1 aromatic heterocycles. The molecule has 19 heavy (non-hydrogen) atoms. The zero-order valence-electron chi connectivity index (χ0n) is 10.1. The van der Waals surface area contributed by atoms with Gasteiger partial charge in [0.15, 0.2) is 0 Å². The van der Waals surface area contributed by atoms with E-state index in [4.69, 9.17) is 4.84 Å². The average Bonchev–Trinajstić information content (AvgIpc) is 2.77. The van der Waals surface area contributed by atoms with Crippen molar-refractivity contribution in [3.63, 3.8) is 0 Å². The van der Waals surface area contributed by atoms with Crippen molar-refractivity contribution in [2.24, 2.45) is 0 Å². The summed E-state index contributed by atoms with van der Waals surface area (Å²) in [7, 11) is 0. The number of benzene rings is 1. The molecule has 0 aliphatic heterocycles. The second-order valence-electron chi connectivity index (χ2n) is 3.95. The molecule has 5 nitrogen and oxygen atoms in total. The number of hydrogen-bond acceptors (Lipinski definition) is 5. The Bertz CT molecular complexity index is 571. The second-order valence-corrected chi connectivity index (χ2v) is 4.84. The van der Waals surface area contributed by atoms with E-state index in [1.54, 1.807) is 24.6 Å². The van der Waals surface area contributed by atoms with Gasteiger partial charge in [-0.05, 0) is 24.6 Å². The molecule has 0 N–H and O–H groups in total. The molecule has 0 aliphatic carbocycles. The third-order valence-corrected chi connectivity index (χ3v) is 3.65. The van der Waals surface area contributed by atoms with Gasteiger partial charge in [-0.1, -0.05) is 12.1 Å². The van der Waals surface area contributed by atoms with E-state index in [2.05, 4.69) is 4.98 Å². The quantitative estimate of drug-likeness (QED) is 0.624. The van der Waals surface area contributed by atoms with Crippen LogP contribution in [-0.2, 0) is 11.3 Å². The number of aromatic nitrogens is 1. The summed E-state index contributed by atoms with van der Waals surface area (Å²) in [6.45, 7) is 1.77. The van der Waals surface area contributed by atoms with Gasteiger partial charge < -0.3 is 4.84 Å². The highest BCUT2D eigenvalue weighted by Gasteiger charge is 2.20. The summed E-state index contributed by atoms with van der Waals surface area (Å²) in [6.07, 6.45) is -0.419. The monoisotopic (exact) mass is 282 g/mol. The van der Waals surface area contributed by atoms with Crippen LogP contribution in [0.2, 0.25) is 0 Å². The Morgan fingerprint density at radius 2 is 2.16 bits per heavy atom. The van der Waals surface area contributed by atoms with E-state index in [0.717, 1.165) is 5.56 Å². The second kappa shape index (κ2) is 5.75. The fraction of sp³-hybridized carbons (Fsp3) is 0.250. The molecule has 1 atom stereocenters. The summed E-state index contributed by atoms with van der Waals surface area (Å²) in [5, 5.41) is 9.76. The number of hydrogen-bond donors (Lipinski definition) is 0. The van der Waals surface area contributed by atoms with E-state index in [-0.39, 0.29) is 5.82 Å². The average molecular weight is 282 g/mol. The van der Waals surface area contributed by atoms with Crippen LogP contribution in [0.25, 0.3) is 0 Å². The maximum Gasteiger partial charge on any atom is 0.295 e. The predicted molar refractivity (Wildman–Crippen MR) is 67.8 cm³/mol. The van der Waals surface area contributed by atoms with E-state index in [1.165, 1.54) is 23.5 Å². The van der Waals surface area contributed by atoms with Crippen molar-refractivity contribution < 1.29 is 14.3 Å². The highest BCUT2D eigenvalue weighted by Crippen LogP contribution is 2.28. The first-order chi connectivity index (χ1) is 9.06. The van der Waals surface area contributed by atoms with E-state index < -0.39 is 11.2 Å². The van der Waals surface area contributed by atoms with Gasteiger partial charge in [-0.15, -0.1) is 21.5 Å². The van der Waals surface area contributed by atoms with E-state index >= 15 is 0 Å². The summed E-state index contributed by atoms with van der Waals surface area (Å²) in [4.78, 5) is 20.0. The van der Waals surface area contributed by atoms with Crippen LogP contribution in [0.4, 0.5) is 4.39 Å². The zero-order valence-corrected chi connectivity index (χ0v) is 10.9. The normalized spacial score (nSPS) is 12.1. The lowest BCUT2D eigenvalue weighted by molar-refractivity contribution is -0.770. The van der Waals surface area contributed by atoms with Crippen LogP contribution in [-0.4, -0.2) is 10.1 Å². The summed E-state index contributed by atoms with van der Waals surface area (Å²) in [6, 6.07) is 5.81. The lowest BCUT2D eigenvalue weighted by Gasteiger charge is -2.14. The Labute approximate surface area is 112 Å². The fourth-order valence-corrected chi connectivity index (χ4v) is 2.56. The number of thiazole rings is 1. The molecule has 0 fully saturated rings. The van der Waals surface area contributed by atoms with Crippen molar-refractivity contribution >= 4 is 11.3 Å². The van der Waals surface area contributed by atoms with Gasteiger partial charge in [0, 0.05) is 6.42 Å². The van der Waals surface area contributed by atoms with Crippen LogP contribution in [0, 0.1) is 22.9 Å². The summed E-state index contributed by atoms with van der Waals surface area (Å²) in [5.41, 5.74) is 3.09. The molecule has 1 unspecified atom stereocenters. The fourth-order valence-electron chi connectivity index (χ4n) is 1.74. The highest BCUT2D eigenvalue weighted by molar-refractivity contribution is 7.09. The molecular weight excluding hydrogens is 271 g/mol. The van der Waals surface area contributed by atoms with E-state index in [9.17, 15) is 14.5 Å². The molecule has 0 spiro atoms. The third-order valence-electron chi connectivity index (χ3n) is 2.62. The molecule has 0 aliphatic rings. The Kier molecular flexibility index (Phi) is 4.06. The van der Waals surface area contributed by atoms with E-state index in [1.807, 2.05) is 0 Å². The first-order valence-electron chi connectivity index (χ1n) is 5.52. The Morgan fingerprint density at radius 1 is 1.47 bits per heavy atom. The first-order valence-corrected chi connectivity index (χ1v) is 6.40. The van der Waals surface area contributed by atoms with Gasteiger partial charge in [-0.3, -0.25) is 0 Å². The topological polar surface area (TPSA) is 65.3 Å². The molecule has 2 aromatic rings. The predicted octanol–water partition coefficient (Wildman–Crippen LogP) is 3.08. The Balaban J connectivity index is 2.21. The molecule has 0 saturated heterocycles. The van der Waals surface area contributed by atoms with Gasteiger partial charge in [-0.25, -0.2) is 9.37 Å². The standard InChI is InChI=1S/C12H11FN2O3S/c1-8-12(19-7-14-8)11(18-15(16)17)6-9-2-4-10(13)5-3-9/h2-5,7,11H,6H2,1H3. The van der Waals surface area contributed by atoms with Crippen molar-refractivity contribution in [3.8, 4) is 0 Å². The molecule has 2 rings (SSSR count). The lowest BCUT2D eigenvalue weighted by Crippen LogP contribution is -2.12. The number of aryl methyl sites for hydroxylation is 1. The molecule has 0 radical (unpaired) electrons. The van der Waals surface area contributed by atoms with Gasteiger partial charge in [0.05, 0.1) is 16.1 Å². The smallest absolute Gasteiger partial charge is 0.295 e.